The third-order valence-corrected chi connectivity index (χ3v) is 6.32. The molecule has 15 heavy (non-hydrogen) atoms. The zero-order chi connectivity index (χ0) is 10.5. The van der Waals surface area contributed by atoms with E-state index in [4.69, 9.17) is 9.62 Å². The second-order valence-corrected chi connectivity index (χ2v) is 7.10. The van der Waals surface area contributed by atoms with Crippen LogP contribution in [0.5, 0.6) is 0 Å². The van der Waals surface area contributed by atoms with Crippen LogP contribution in [0.25, 0.3) is 0 Å². The van der Waals surface area contributed by atoms with Crippen molar-refractivity contribution in [3.05, 3.63) is 0 Å². The number of nitrogens with zero attached hydrogens (tertiary/aromatic N) is 2. The van der Waals surface area contributed by atoms with Crippen molar-refractivity contribution >= 4 is 10.7 Å². The highest BCUT2D eigenvalue weighted by molar-refractivity contribution is 7.88. The van der Waals surface area contributed by atoms with Crippen LogP contribution >= 0.6 is 0 Å². The van der Waals surface area contributed by atoms with Crippen LogP contribution in [-0.4, -0.2) is 30.1 Å². The third-order valence-electron chi connectivity index (χ3n) is 3.84. The Morgan fingerprint density at radius 3 is 2.53 bits per heavy atom. The molecule has 2 aliphatic carbocycles. The van der Waals surface area contributed by atoms with E-state index in [-0.39, 0.29) is 5.54 Å². The first-order chi connectivity index (χ1) is 7.19. The molecule has 82 valence electrons. The molecule has 0 aromatic rings. The van der Waals surface area contributed by atoms with Crippen molar-refractivity contribution in [3.8, 4) is 6.07 Å². The minimum absolute atomic E-state index is 0.199. The fourth-order valence-corrected chi connectivity index (χ4v) is 5.39. The van der Waals surface area contributed by atoms with Crippen molar-refractivity contribution in [2.24, 2.45) is 9.78 Å². The maximum Gasteiger partial charge on any atom is 0.107 e. The fourth-order valence-electron chi connectivity index (χ4n) is 2.87. The summed E-state index contributed by atoms with van der Waals surface area (Å²) < 4.78 is 4.79. The minimum atomic E-state index is -0.199. The van der Waals surface area contributed by atoms with E-state index in [9.17, 15) is 0 Å². The van der Waals surface area contributed by atoms with Gasteiger partial charge in [-0.2, -0.15) is 5.26 Å². The van der Waals surface area contributed by atoms with E-state index in [0.717, 1.165) is 18.9 Å². The standard InChI is InChI=1S/C11H17N3S/c1-13-11(6-12)4-10(5-11)7-15(8-10)14-9-2-3-9/h9,13H,2-5,7-8H2,1H3. The first kappa shape index (κ1) is 9.80. The van der Waals surface area contributed by atoms with Gasteiger partial charge in [0.05, 0.1) is 12.1 Å². The molecule has 1 aliphatic heterocycles. The van der Waals surface area contributed by atoms with Gasteiger partial charge in [0.1, 0.15) is 5.54 Å². The van der Waals surface area contributed by atoms with E-state index in [2.05, 4.69) is 11.4 Å². The highest BCUT2D eigenvalue weighted by Gasteiger charge is 2.59. The summed E-state index contributed by atoms with van der Waals surface area (Å²) in [6, 6.07) is 3.14. The molecule has 0 radical (unpaired) electrons. The van der Waals surface area contributed by atoms with Crippen LogP contribution in [0.2, 0.25) is 0 Å². The molecule has 3 nitrogen and oxygen atoms in total. The molecule has 2 saturated carbocycles. The van der Waals surface area contributed by atoms with Crippen LogP contribution in [0.3, 0.4) is 0 Å². The van der Waals surface area contributed by atoms with Gasteiger partial charge in [-0.05, 0) is 38.1 Å². The average Bonchev–Trinajstić information content (AvgIpc) is 2.91. The summed E-state index contributed by atoms with van der Waals surface area (Å²) in [6.07, 6.45) is 4.76. The molecule has 3 rings (SSSR count). The van der Waals surface area contributed by atoms with E-state index >= 15 is 0 Å². The molecule has 1 saturated heterocycles. The lowest BCUT2D eigenvalue weighted by molar-refractivity contribution is 0.0776. The molecule has 1 heterocycles. The summed E-state index contributed by atoms with van der Waals surface area (Å²) in [4.78, 5) is 0. The fraction of sp³-hybridized carbons (Fsp3) is 0.909. The van der Waals surface area contributed by atoms with Gasteiger partial charge in [0.15, 0.2) is 0 Å². The molecule has 0 unspecified atom stereocenters. The van der Waals surface area contributed by atoms with Crippen molar-refractivity contribution < 1.29 is 0 Å². The predicted molar refractivity (Wildman–Crippen MR) is 61.6 cm³/mol. The summed E-state index contributed by atoms with van der Waals surface area (Å²) in [5, 5.41) is 12.2. The SMILES string of the molecule is CNC1(C#N)CC2(CS(=NC3CC3)C2)C1. The molecule has 3 aliphatic rings. The van der Waals surface area contributed by atoms with Gasteiger partial charge in [-0.15, -0.1) is 0 Å². The maximum absolute atomic E-state index is 9.08. The number of hydrogen-bond donors (Lipinski definition) is 1. The Morgan fingerprint density at radius 1 is 1.40 bits per heavy atom. The third kappa shape index (κ3) is 1.53. The van der Waals surface area contributed by atoms with Crippen molar-refractivity contribution in [1.82, 2.24) is 5.32 Å². The van der Waals surface area contributed by atoms with Crippen molar-refractivity contribution in [2.45, 2.75) is 37.3 Å². The van der Waals surface area contributed by atoms with Gasteiger partial charge in [0.25, 0.3) is 0 Å². The highest BCUT2D eigenvalue weighted by atomic mass is 32.2. The van der Waals surface area contributed by atoms with Gasteiger partial charge in [0, 0.05) is 11.5 Å². The van der Waals surface area contributed by atoms with Gasteiger partial charge >= 0.3 is 0 Å². The van der Waals surface area contributed by atoms with E-state index < -0.39 is 0 Å². The van der Waals surface area contributed by atoms with Crippen molar-refractivity contribution in [3.63, 3.8) is 0 Å². The number of hydrogen-bond acceptors (Lipinski definition) is 3. The Kier molecular flexibility index (Phi) is 1.99. The normalized spacial score (nSPS) is 47.9. The Bertz CT molecular complexity index is 349. The summed E-state index contributed by atoms with van der Waals surface area (Å²) in [6.45, 7) is 0. The molecule has 0 atom stereocenters. The van der Waals surface area contributed by atoms with Crippen LogP contribution in [0, 0.1) is 16.7 Å². The first-order valence-corrected chi connectivity index (χ1v) is 7.20. The highest BCUT2D eigenvalue weighted by Crippen LogP contribution is 2.54. The van der Waals surface area contributed by atoms with Gasteiger partial charge in [-0.3, -0.25) is 4.36 Å². The number of nitrogens with one attached hydrogen (secondary N) is 1. The molecule has 4 heteroatoms. The molecule has 1 spiro atoms. The van der Waals surface area contributed by atoms with Gasteiger partial charge in [0.2, 0.25) is 0 Å². The molecule has 1 N–H and O–H groups in total. The molecule has 0 bridgehead atoms. The largest absolute Gasteiger partial charge is 0.302 e. The topological polar surface area (TPSA) is 48.2 Å². The van der Waals surface area contributed by atoms with Gasteiger partial charge in [-0.1, -0.05) is 10.7 Å². The average molecular weight is 223 g/mol. The zero-order valence-corrected chi connectivity index (χ0v) is 9.94. The van der Waals surface area contributed by atoms with Crippen LogP contribution in [-0.2, 0) is 10.7 Å². The van der Waals surface area contributed by atoms with Crippen LogP contribution in [0.1, 0.15) is 25.7 Å². The Morgan fingerprint density at radius 2 is 2.07 bits per heavy atom. The summed E-state index contributed by atoms with van der Waals surface area (Å²) in [5.41, 5.74) is 0.301. The maximum atomic E-state index is 9.08. The molecular formula is C11H17N3S. The van der Waals surface area contributed by atoms with E-state index in [1.165, 1.54) is 24.3 Å². The lowest BCUT2D eigenvalue weighted by atomic mass is 9.59. The van der Waals surface area contributed by atoms with E-state index in [1.807, 2.05) is 7.05 Å². The number of rotatable bonds is 2. The Balaban J connectivity index is 1.58. The van der Waals surface area contributed by atoms with Crippen LogP contribution in [0.4, 0.5) is 0 Å². The van der Waals surface area contributed by atoms with Gasteiger partial charge in [-0.25, -0.2) is 0 Å². The molecule has 3 fully saturated rings. The van der Waals surface area contributed by atoms with E-state index in [1.54, 1.807) is 0 Å². The second-order valence-electron chi connectivity index (χ2n) is 5.39. The second kappa shape index (κ2) is 3.05. The Hall–Kier alpha value is -0.400. The van der Waals surface area contributed by atoms with Crippen LogP contribution in [0.15, 0.2) is 4.36 Å². The lowest BCUT2D eigenvalue weighted by Crippen LogP contribution is -2.66. The minimum Gasteiger partial charge on any atom is -0.302 e. The predicted octanol–water partition coefficient (Wildman–Crippen LogP) is 1.23. The summed E-state index contributed by atoms with van der Waals surface area (Å²) in [7, 11) is 2.27. The summed E-state index contributed by atoms with van der Waals surface area (Å²) in [5.74, 6) is 2.54. The quantitative estimate of drug-likeness (QED) is 0.765. The lowest BCUT2D eigenvalue weighted by Gasteiger charge is -2.58. The molecule has 0 aromatic carbocycles. The summed E-state index contributed by atoms with van der Waals surface area (Å²) >= 11 is 0. The first-order valence-electron chi connectivity index (χ1n) is 5.68. The van der Waals surface area contributed by atoms with Crippen molar-refractivity contribution in [2.75, 3.05) is 18.6 Å². The van der Waals surface area contributed by atoms with Gasteiger partial charge < -0.3 is 5.32 Å². The van der Waals surface area contributed by atoms with Crippen molar-refractivity contribution in [1.29, 1.82) is 5.26 Å². The molecule has 0 aromatic heterocycles. The van der Waals surface area contributed by atoms with Crippen LogP contribution < -0.4 is 5.32 Å². The zero-order valence-electron chi connectivity index (χ0n) is 9.12. The number of nitriles is 1. The van der Waals surface area contributed by atoms with E-state index in [0.29, 0.717) is 16.1 Å². The monoisotopic (exact) mass is 223 g/mol. The smallest absolute Gasteiger partial charge is 0.107 e. The molecule has 0 amide bonds. The Labute approximate surface area is 93.3 Å². The molecular weight excluding hydrogens is 206 g/mol.